The normalized spacial score (nSPS) is 11.4. The molecule has 0 radical (unpaired) electrons. The van der Waals surface area contributed by atoms with Crippen LogP contribution in [0.5, 0.6) is 0 Å². The smallest absolute Gasteiger partial charge is 0.369 e. The minimum Gasteiger partial charge on any atom is -0.369 e. The van der Waals surface area contributed by atoms with Crippen molar-refractivity contribution in [1.29, 1.82) is 0 Å². The number of rotatable bonds is 3. The number of carbonyl (C=O) groups excluding carboxylic acids is 1. The Bertz CT molecular complexity index is 567. The van der Waals surface area contributed by atoms with E-state index in [2.05, 4.69) is 15.5 Å². The molecule has 1 aromatic carbocycles. The number of guanidine groups is 1. The Labute approximate surface area is 116 Å². The van der Waals surface area contributed by atoms with Gasteiger partial charge in [0, 0.05) is 5.69 Å². The number of anilines is 1. The van der Waals surface area contributed by atoms with Crippen LogP contribution in [0.2, 0.25) is 5.02 Å². The number of hydrogen-bond donors (Lipinski definition) is 3. The van der Waals surface area contributed by atoms with Gasteiger partial charge in [-0.25, -0.2) is 0 Å². The van der Waals surface area contributed by atoms with Crippen molar-refractivity contribution in [2.24, 2.45) is 21.7 Å². The van der Waals surface area contributed by atoms with Gasteiger partial charge in [-0.05, 0) is 18.2 Å². The van der Waals surface area contributed by atoms with Gasteiger partial charge in [0.15, 0.2) is 0 Å². The molecule has 0 aliphatic heterocycles. The minimum atomic E-state index is -4.62. The molecular weight excluding hydrogens is 299 g/mol. The van der Waals surface area contributed by atoms with Gasteiger partial charge in [-0.1, -0.05) is 11.6 Å². The summed E-state index contributed by atoms with van der Waals surface area (Å²) in [6.07, 6.45) is -3.91. The van der Waals surface area contributed by atoms with E-state index in [9.17, 15) is 18.0 Å². The summed E-state index contributed by atoms with van der Waals surface area (Å²) < 4.78 is 37.8. The standard InChI is InChI=1S/C10H9ClF3N5O/c11-7-2-1-5(3-6(7)10(12,13)14)18-8(20)4-17-19-9(15)16/h1-4H,(H,18,20)(H4,15,16,19). The van der Waals surface area contributed by atoms with Crippen LogP contribution >= 0.6 is 11.6 Å². The second-order valence-corrected chi connectivity index (χ2v) is 3.86. The Morgan fingerprint density at radius 2 is 2.00 bits per heavy atom. The van der Waals surface area contributed by atoms with Crippen LogP contribution in [-0.2, 0) is 11.0 Å². The highest BCUT2D eigenvalue weighted by Gasteiger charge is 2.33. The highest BCUT2D eigenvalue weighted by Crippen LogP contribution is 2.36. The predicted molar refractivity (Wildman–Crippen MR) is 69.4 cm³/mol. The van der Waals surface area contributed by atoms with Gasteiger partial charge in [-0.15, -0.1) is 10.2 Å². The van der Waals surface area contributed by atoms with Gasteiger partial charge >= 0.3 is 6.18 Å². The molecule has 0 saturated carbocycles. The van der Waals surface area contributed by atoms with E-state index in [1.54, 1.807) is 0 Å². The number of hydrogen-bond acceptors (Lipinski definition) is 3. The number of alkyl halides is 3. The van der Waals surface area contributed by atoms with Crippen molar-refractivity contribution < 1.29 is 18.0 Å². The molecule has 6 nitrogen and oxygen atoms in total. The maximum atomic E-state index is 12.6. The Morgan fingerprint density at radius 1 is 1.35 bits per heavy atom. The second-order valence-electron chi connectivity index (χ2n) is 3.45. The third kappa shape index (κ3) is 4.76. The highest BCUT2D eigenvalue weighted by atomic mass is 35.5. The summed E-state index contributed by atoms with van der Waals surface area (Å²) in [6.45, 7) is 0. The zero-order valence-electron chi connectivity index (χ0n) is 9.78. The van der Waals surface area contributed by atoms with Crippen LogP contribution in [0.1, 0.15) is 5.56 Å². The van der Waals surface area contributed by atoms with Gasteiger partial charge in [0.2, 0.25) is 5.96 Å². The first-order chi connectivity index (χ1) is 9.20. The van der Waals surface area contributed by atoms with Crippen molar-refractivity contribution >= 4 is 35.4 Å². The lowest BCUT2D eigenvalue weighted by molar-refractivity contribution is -0.137. The SMILES string of the molecule is NC(N)=NN=CC(=O)Nc1ccc(Cl)c(C(F)(F)F)c1. The Kier molecular flexibility index (Phi) is 4.92. The van der Waals surface area contributed by atoms with Crippen molar-refractivity contribution in [2.75, 3.05) is 5.32 Å². The van der Waals surface area contributed by atoms with Crippen LogP contribution in [0.25, 0.3) is 0 Å². The van der Waals surface area contributed by atoms with Crippen molar-refractivity contribution in [3.63, 3.8) is 0 Å². The molecule has 108 valence electrons. The first-order valence-corrected chi connectivity index (χ1v) is 5.37. The second kappa shape index (κ2) is 6.24. The molecule has 10 heteroatoms. The van der Waals surface area contributed by atoms with E-state index in [1.807, 2.05) is 0 Å². The maximum absolute atomic E-state index is 12.6. The quantitative estimate of drug-likeness (QED) is 0.448. The summed E-state index contributed by atoms with van der Waals surface area (Å²) in [4.78, 5) is 11.3. The van der Waals surface area contributed by atoms with Crippen molar-refractivity contribution in [3.05, 3.63) is 28.8 Å². The molecule has 0 bridgehead atoms. The molecule has 5 N–H and O–H groups in total. The number of nitrogens with two attached hydrogens (primary N) is 2. The monoisotopic (exact) mass is 307 g/mol. The number of nitrogens with zero attached hydrogens (tertiary/aromatic N) is 2. The first kappa shape index (κ1) is 15.8. The zero-order valence-corrected chi connectivity index (χ0v) is 10.5. The molecule has 1 rings (SSSR count). The Morgan fingerprint density at radius 3 is 2.55 bits per heavy atom. The van der Waals surface area contributed by atoms with E-state index >= 15 is 0 Å². The van der Waals surface area contributed by atoms with E-state index in [-0.39, 0.29) is 11.6 Å². The number of nitrogens with one attached hydrogen (secondary N) is 1. The molecular formula is C10H9ClF3N5O. The molecule has 0 saturated heterocycles. The fraction of sp³-hybridized carbons (Fsp3) is 0.100. The lowest BCUT2D eigenvalue weighted by Crippen LogP contribution is -2.22. The van der Waals surface area contributed by atoms with Gasteiger partial charge in [-0.2, -0.15) is 13.2 Å². The molecule has 0 unspecified atom stereocenters. The molecule has 0 heterocycles. The summed E-state index contributed by atoms with van der Waals surface area (Å²) in [5.74, 6) is -1.16. The van der Waals surface area contributed by atoms with Crippen molar-refractivity contribution in [2.45, 2.75) is 6.18 Å². The van der Waals surface area contributed by atoms with Crippen LogP contribution < -0.4 is 16.8 Å². The maximum Gasteiger partial charge on any atom is 0.417 e. The summed E-state index contributed by atoms with van der Waals surface area (Å²) in [7, 11) is 0. The third-order valence-corrected chi connectivity index (χ3v) is 2.22. The van der Waals surface area contributed by atoms with Crippen LogP contribution in [-0.4, -0.2) is 18.1 Å². The summed E-state index contributed by atoms with van der Waals surface area (Å²) >= 11 is 5.43. The van der Waals surface area contributed by atoms with E-state index in [0.29, 0.717) is 12.3 Å². The lowest BCUT2D eigenvalue weighted by atomic mass is 10.2. The lowest BCUT2D eigenvalue weighted by Gasteiger charge is -2.10. The van der Waals surface area contributed by atoms with Gasteiger partial charge in [0.25, 0.3) is 5.91 Å². The van der Waals surface area contributed by atoms with Gasteiger partial charge < -0.3 is 16.8 Å². The Balaban J connectivity index is 2.87. The predicted octanol–water partition coefficient (Wildman–Crippen LogP) is 1.56. The number of carbonyl (C=O) groups is 1. The topological polar surface area (TPSA) is 106 Å². The van der Waals surface area contributed by atoms with Crippen LogP contribution in [0, 0.1) is 0 Å². The number of amides is 1. The molecule has 0 atom stereocenters. The molecule has 0 spiro atoms. The van der Waals surface area contributed by atoms with Gasteiger partial charge in [-0.3, -0.25) is 4.79 Å². The summed E-state index contributed by atoms with van der Waals surface area (Å²) in [5.41, 5.74) is 8.76. The molecule has 0 aliphatic carbocycles. The van der Waals surface area contributed by atoms with E-state index in [0.717, 1.165) is 6.07 Å². The van der Waals surface area contributed by atoms with Gasteiger partial charge in [0.05, 0.1) is 10.6 Å². The summed E-state index contributed by atoms with van der Waals surface area (Å²) in [6, 6.07) is 2.94. The average Bonchev–Trinajstić information content (AvgIpc) is 2.29. The van der Waals surface area contributed by atoms with Crippen LogP contribution in [0.15, 0.2) is 28.4 Å². The molecule has 1 aromatic rings. The van der Waals surface area contributed by atoms with Gasteiger partial charge in [0.1, 0.15) is 6.21 Å². The molecule has 0 aliphatic rings. The van der Waals surface area contributed by atoms with Crippen molar-refractivity contribution in [3.8, 4) is 0 Å². The first-order valence-electron chi connectivity index (χ1n) is 5.00. The van der Waals surface area contributed by atoms with Crippen molar-refractivity contribution in [1.82, 2.24) is 0 Å². The van der Waals surface area contributed by atoms with E-state index in [1.165, 1.54) is 6.07 Å². The van der Waals surface area contributed by atoms with Crippen LogP contribution in [0.3, 0.4) is 0 Å². The molecule has 0 aromatic heterocycles. The number of halogens is 4. The van der Waals surface area contributed by atoms with Crippen LogP contribution in [0.4, 0.5) is 18.9 Å². The largest absolute Gasteiger partial charge is 0.417 e. The van der Waals surface area contributed by atoms with E-state index in [4.69, 9.17) is 23.1 Å². The third-order valence-electron chi connectivity index (χ3n) is 1.89. The fourth-order valence-electron chi connectivity index (χ4n) is 1.14. The fourth-order valence-corrected chi connectivity index (χ4v) is 1.37. The highest BCUT2D eigenvalue weighted by molar-refractivity contribution is 6.32. The number of benzene rings is 1. The van der Waals surface area contributed by atoms with E-state index < -0.39 is 22.7 Å². The zero-order chi connectivity index (χ0) is 15.3. The molecule has 1 amide bonds. The average molecular weight is 308 g/mol. The minimum absolute atomic E-state index is 0.0946. The molecule has 0 fully saturated rings. The Hall–Kier alpha value is -2.29. The summed E-state index contributed by atoms with van der Waals surface area (Å²) in [5, 5.41) is 8.05. The molecule has 20 heavy (non-hydrogen) atoms.